The summed E-state index contributed by atoms with van der Waals surface area (Å²) in [6, 6.07) is 4.13. The van der Waals surface area contributed by atoms with E-state index in [1.807, 2.05) is 24.2 Å². The second kappa shape index (κ2) is 7.39. The van der Waals surface area contributed by atoms with Gasteiger partial charge in [-0.05, 0) is 30.7 Å². The van der Waals surface area contributed by atoms with Crippen LogP contribution < -0.4 is 0 Å². The van der Waals surface area contributed by atoms with E-state index in [1.165, 1.54) is 29.9 Å². The molecule has 0 fully saturated rings. The Balaban J connectivity index is 2.07. The Kier molecular flexibility index (Phi) is 6.29. The molecule has 0 unspecified atom stereocenters. The molecule has 0 bridgehead atoms. The van der Waals surface area contributed by atoms with E-state index < -0.39 is 0 Å². The summed E-state index contributed by atoms with van der Waals surface area (Å²) in [5, 5.41) is 1.13. The maximum atomic E-state index is 3.98. The molecule has 1 aromatic rings. The molecule has 3 heteroatoms. The number of thioether (sulfide) groups is 1. The molecule has 0 amide bonds. The Labute approximate surface area is 92.5 Å². The highest BCUT2D eigenvalue weighted by Crippen LogP contribution is 2.18. The van der Waals surface area contributed by atoms with Gasteiger partial charge in [0.2, 0.25) is 0 Å². The number of unbranched alkanes of at least 4 members (excludes halogenated alkanes) is 2. The molecule has 1 rings (SSSR count). The Morgan fingerprint density at radius 1 is 1.15 bits per heavy atom. The SMILES string of the molecule is BrCCCCCSc1ccncc1. The van der Waals surface area contributed by atoms with Crippen molar-refractivity contribution >= 4 is 27.7 Å². The molecular weight excluding hydrogens is 246 g/mol. The molecule has 0 aliphatic carbocycles. The molecule has 0 radical (unpaired) electrons. The third kappa shape index (κ3) is 5.32. The van der Waals surface area contributed by atoms with Crippen molar-refractivity contribution < 1.29 is 0 Å². The predicted octanol–water partition coefficient (Wildman–Crippen LogP) is 3.74. The molecule has 0 aliphatic rings. The molecule has 13 heavy (non-hydrogen) atoms. The molecule has 0 aliphatic heterocycles. The van der Waals surface area contributed by atoms with Crippen LogP contribution in [0.5, 0.6) is 0 Å². The normalized spacial score (nSPS) is 10.2. The highest BCUT2D eigenvalue weighted by atomic mass is 79.9. The summed E-state index contributed by atoms with van der Waals surface area (Å²) < 4.78 is 0. The molecule has 1 heterocycles. The summed E-state index contributed by atoms with van der Waals surface area (Å²) in [5.74, 6) is 1.22. The van der Waals surface area contributed by atoms with Gasteiger partial charge in [0, 0.05) is 22.6 Å². The van der Waals surface area contributed by atoms with E-state index in [9.17, 15) is 0 Å². The molecular formula is C10H14BrNS. The monoisotopic (exact) mass is 259 g/mol. The van der Waals surface area contributed by atoms with E-state index in [1.54, 1.807) is 0 Å². The maximum Gasteiger partial charge on any atom is 0.0278 e. The summed E-state index contributed by atoms with van der Waals surface area (Å²) in [6.07, 6.45) is 7.61. The third-order valence-corrected chi connectivity index (χ3v) is 3.36. The van der Waals surface area contributed by atoms with E-state index >= 15 is 0 Å². The lowest BCUT2D eigenvalue weighted by Gasteiger charge is -1.99. The average molecular weight is 260 g/mol. The quantitative estimate of drug-likeness (QED) is 0.439. The Hall–Kier alpha value is -0.0200. The van der Waals surface area contributed by atoms with Gasteiger partial charge in [-0.3, -0.25) is 4.98 Å². The molecule has 1 aromatic heterocycles. The summed E-state index contributed by atoms with van der Waals surface area (Å²) in [4.78, 5) is 5.31. The van der Waals surface area contributed by atoms with Crippen molar-refractivity contribution in [3.63, 3.8) is 0 Å². The fraction of sp³-hybridized carbons (Fsp3) is 0.500. The van der Waals surface area contributed by atoms with Crippen molar-refractivity contribution in [1.82, 2.24) is 4.98 Å². The van der Waals surface area contributed by atoms with Crippen LogP contribution in [0.25, 0.3) is 0 Å². The van der Waals surface area contributed by atoms with Crippen LogP contribution in [-0.2, 0) is 0 Å². The minimum absolute atomic E-state index is 1.13. The van der Waals surface area contributed by atoms with Gasteiger partial charge < -0.3 is 0 Å². The zero-order valence-electron chi connectivity index (χ0n) is 7.58. The standard InChI is InChI=1S/C10H14BrNS/c11-6-2-1-3-9-13-10-4-7-12-8-5-10/h4-5,7-8H,1-3,6,9H2. The Morgan fingerprint density at radius 2 is 1.92 bits per heavy atom. The molecule has 0 N–H and O–H groups in total. The Bertz CT molecular complexity index is 215. The molecule has 0 atom stereocenters. The lowest BCUT2D eigenvalue weighted by molar-refractivity contribution is 0.788. The van der Waals surface area contributed by atoms with Gasteiger partial charge in [-0.15, -0.1) is 11.8 Å². The van der Waals surface area contributed by atoms with Crippen molar-refractivity contribution in [2.45, 2.75) is 24.2 Å². The molecule has 1 nitrogen and oxygen atoms in total. The van der Waals surface area contributed by atoms with Crippen molar-refractivity contribution in [2.24, 2.45) is 0 Å². The minimum atomic E-state index is 1.13. The van der Waals surface area contributed by atoms with Crippen LogP contribution in [0.3, 0.4) is 0 Å². The number of halogens is 1. The zero-order chi connectivity index (χ0) is 9.36. The van der Waals surface area contributed by atoms with E-state index in [2.05, 4.69) is 33.0 Å². The summed E-state index contributed by atoms with van der Waals surface area (Å²) in [5.41, 5.74) is 0. The van der Waals surface area contributed by atoms with Gasteiger partial charge in [-0.2, -0.15) is 0 Å². The van der Waals surface area contributed by atoms with Gasteiger partial charge >= 0.3 is 0 Å². The topological polar surface area (TPSA) is 12.9 Å². The van der Waals surface area contributed by atoms with Gasteiger partial charge in [-0.1, -0.05) is 22.4 Å². The summed E-state index contributed by atoms with van der Waals surface area (Å²) in [6.45, 7) is 0. The van der Waals surface area contributed by atoms with Gasteiger partial charge in [0.1, 0.15) is 0 Å². The largest absolute Gasteiger partial charge is 0.265 e. The number of hydrogen-bond acceptors (Lipinski definition) is 2. The van der Waals surface area contributed by atoms with Crippen LogP contribution in [-0.4, -0.2) is 16.1 Å². The van der Waals surface area contributed by atoms with Crippen LogP contribution in [0.2, 0.25) is 0 Å². The second-order valence-corrected chi connectivity index (χ2v) is 4.74. The third-order valence-electron chi connectivity index (χ3n) is 1.70. The maximum absolute atomic E-state index is 3.98. The van der Waals surface area contributed by atoms with Gasteiger partial charge in [0.05, 0.1) is 0 Å². The van der Waals surface area contributed by atoms with E-state index in [4.69, 9.17) is 0 Å². The molecule has 72 valence electrons. The smallest absolute Gasteiger partial charge is 0.0278 e. The van der Waals surface area contributed by atoms with Crippen molar-refractivity contribution in [3.8, 4) is 0 Å². The first-order chi connectivity index (χ1) is 6.43. The first-order valence-corrected chi connectivity index (χ1v) is 6.63. The molecule has 0 spiro atoms. The zero-order valence-corrected chi connectivity index (χ0v) is 9.98. The van der Waals surface area contributed by atoms with Gasteiger partial charge in [0.15, 0.2) is 0 Å². The van der Waals surface area contributed by atoms with Crippen LogP contribution in [0.1, 0.15) is 19.3 Å². The molecule has 0 saturated heterocycles. The van der Waals surface area contributed by atoms with E-state index in [0.717, 1.165) is 5.33 Å². The summed E-state index contributed by atoms with van der Waals surface area (Å²) >= 11 is 5.35. The number of alkyl halides is 1. The molecule has 0 aromatic carbocycles. The van der Waals surface area contributed by atoms with Gasteiger partial charge in [0.25, 0.3) is 0 Å². The van der Waals surface area contributed by atoms with Crippen LogP contribution in [0.15, 0.2) is 29.4 Å². The number of hydrogen-bond donors (Lipinski definition) is 0. The number of pyridine rings is 1. The fourth-order valence-electron chi connectivity index (χ4n) is 0.998. The summed E-state index contributed by atoms with van der Waals surface area (Å²) in [7, 11) is 0. The first-order valence-electron chi connectivity index (χ1n) is 4.52. The van der Waals surface area contributed by atoms with Crippen molar-refractivity contribution in [1.29, 1.82) is 0 Å². The van der Waals surface area contributed by atoms with Crippen LogP contribution >= 0.6 is 27.7 Å². The highest BCUT2D eigenvalue weighted by molar-refractivity contribution is 9.09. The lowest BCUT2D eigenvalue weighted by atomic mass is 10.3. The Morgan fingerprint density at radius 3 is 2.62 bits per heavy atom. The average Bonchev–Trinajstić information content (AvgIpc) is 2.19. The van der Waals surface area contributed by atoms with E-state index in [-0.39, 0.29) is 0 Å². The number of rotatable bonds is 6. The van der Waals surface area contributed by atoms with Crippen LogP contribution in [0.4, 0.5) is 0 Å². The second-order valence-electron chi connectivity index (χ2n) is 2.78. The van der Waals surface area contributed by atoms with Gasteiger partial charge in [-0.25, -0.2) is 0 Å². The minimum Gasteiger partial charge on any atom is -0.265 e. The lowest BCUT2D eigenvalue weighted by Crippen LogP contribution is -1.82. The number of aromatic nitrogens is 1. The van der Waals surface area contributed by atoms with Crippen molar-refractivity contribution in [2.75, 3.05) is 11.1 Å². The number of nitrogens with zero attached hydrogens (tertiary/aromatic N) is 1. The highest BCUT2D eigenvalue weighted by Gasteiger charge is 1.92. The molecule has 0 saturated carbocycles. The van der Waals surface area contributed by atoms with Crippen molar-refractivity contribution in [3.05, 3.63) is 24.5 Å². The van der Waals surface area contributed by atoms with Crippen LogP contribution in [0, 0.1) is 0 Å². The van der Waals surface area contributed by atoms with E-state index in [0.29, 0.717) is 0 Å². The first kappa shape index (κ1) is 11.1. The predicted molar refractivity (Wildman–Crippen MR) is 62.6 cm³/mol. The fourth-order valence-corrected chi connectivity index (χ4v) is 2.29.